The van der Waals surface area contributed by atoms with Gasteiger partial charge in [-0.15, -0.1) is 0 Å². The molecular weight excluding hydrogens is 371 g/mol. The number of aliphatic hydroxyl groups is 2. The molecule has 0 spiro atoms. The average molecular weight is 396 g/mol. The fourth-order valence-electron chi connectivity index (χ4n) is 2.14. The molecule has 0 fully saturated rings. The summed E-state index contributed by atoms with van der Waals surface area (Å²) < 4.78 is -1.45. The van der Waals surface area contributed by atoms with Crippen molar-refractivity contribution in [2.45, 2.75) is 42.1 Å². The summed E-state index contributed by atoms with van der Waals surface area (Å²) in [6, 6.07) is 7.08. The first kappa shape index (κ1) is 21.7. The molecule has 3 N–H and O–H groups in total. The van der Waals surface area contributed by atoms with Crippen LogP contribution in [0.1, 0.15) is 43.9 Å². The second-order valence-electron chi connectivity index (χ2n) is 5.75. The van der Waals surface area contributed by atoms with Crippen LogP contribution in [0.25, 0.3) is 0 Å². The van der Waals surface area contributed by atoms with Gasteiger partial charge in [0.25, 0.3) is 0 Å². The Labute approximate surface area is 158 Å². The van der Waals surface area contributed by atoms with E-state index in [4.69, 9.17) is 34.8 Å². The van der Waals surface area contributed by atoms with Crippen LogP contribution in [-0.4, -0.2) is 45.5 Å². The highest BCUT2D eigenvalue weighted by atomic mass is 35.6. The van der Waals surface area contributed by atoms with Crippen LogP contribution in [0.2, 0.25) is 0 Å². The number of nitrogens with zero attached hydrogens (tertiary/aromatic N) is 1. The molecular formula is C17H25Cl3N2O2. The second-order valence-corrected chi connectivity index (χ2v) is 8.12. The van der Waals surface area contributed by atoms with Gasteiger partial charge >= 0.3 is 0 Å². The number of alkyl halides is 3. The molecule has 4 nitrogen and oxygen atoms in total. The van der Waals surface area contributed by atoms with E-state index in [1.165, 1.54) is 0 Å². The maximum absolute atomic E-state index is 9.42. The fourth-order valence-corrected chi connectivity index (χ4v) is 2.75. The molecule has 0 radical (unpaired) electrons. The summed E-state index contributed by atoms with van der Waals surface area (Å²) in [4.78, 5) is 4.33. The summed E-state index contributed by atoms with van der Waals surface area (Å²) in [5.74, 6) is 0. The minimum Gasteiger partial charge on any atom is -0.394 e. The van der Waals surface area contributed by atoms with Gasteiger partial charge in [0.15, 0.2) is 0 Å². The molecule has 0 aromatic heterocycles. The second kappa shape index (κ2) is 9.95. The van der Waals surface area contributed by atoms with Crippen LogP contribution >= 0.6 is 34.8 Å². The molecule has 0 heterocycles. The first-order valence-electron chi connectivity index (χ1n) is 7.99. The molecule has 1 atom stereocenters. The molecule has 0 saturated carbocycles. The van der Waals surface area contributed by atoms with Gasteiger partial charge in [-0.1, -0.05) is 72.9 Å². The van der Waals surface area contributed by atoms with Crippen molar-refractivity contribution in [3.63, 3.8) is 0 Å². The number of hydrogen-bond acceptors (Lipinski definition) is 4. The molecule has 0 bridgehead atoms. The van der Waals surface area contributed by atoms with Crippen LogP contribution in [0.3, 0.4) is 0 Å². The molecule has 1 rings (SSSR count). The zero-order chi connectivity index (χ0) is 18.2. The highest BCUT2D eigenvalue weighted by Crippen LogP contribution is 2.39. The van der Waals surface area contributed by atoms with Crippen LogP contribution in [0, 0.1) is 0 Å². The van der Waals surface area contributed by atoms with Crippen molar-refractivity contribution in [2.24, 2.45) is 4.99 Å². The lowest BCUT2D eigenvalue weighted by molar-refractivity contribution is 0.120. The van der Waals surface area contributed by atoms with Crippen molar-refractivity contribution in [1.29, 1.82) is 0 Å². The van der Waals surface area contributed by atoms with E-state index in [0.29, 0.717) is 6.42 Å². The molecule has 0 aliphatic rings. The van der Waals surface area contributed by atoms with Crippen molar-refractivity contribution in [2.75, 3.05) is 19.8 Å². The van der Waals surface area contributed by atoms with Crippen LogP contribution in [-0.2, 0) is 0 Å². The first-order valence-corrected chi connectivity index (χ1v) is 9.12. The van der Waals surface area contributed by atoms with E-state index in [1.807, 2.05) is 38.1 Å². The van der Waals surface area contributed by atoms with Crippen molar-refractivity contribution < 1.29 is 10.2 Å². The lowest BCUT2D eigenvalue weighted by atomic mass is 9.99. The van der Waals surface area contributed by atoms with Crippen molar-refractivity contribution >= 4 is 41.0 Å². The van der Waals surface area contributed by atoms with Crippen molar-refractivity contribution in [1.82, 2.24) is 5.32 Å². The molecule has 7 heteroatoms. The molecule has 136 valence electrons. The lowest BCUT2D eigenvalue weighted by Gasteiger charge is -2.26. The molecule has 0 aliphatic heterocycles. The van der Waals surface area contributed by atoms with Gasteiger partial charge in [0, 0.05) is 6.21 Å². The summed E-state index contributed by atoms with van der Waals surface area (Å²) in [7, 11) is 0. The Morgan fingerprint density at radius 1 is 1.12 bits per heavy atom. The van der Waals surface area contributed by atoms with Crippen molar-refractivity contribution in [3.8, 4) is 0 Å². The SMILES string of the molecule is CCCN[C@H](c1ccc(C=NC(CC)(CO)CO)cc1)C(Cl)(Cl)Cl. The minimum atomic E-state index is -1.45. The minimum absolute atomic E-state index is 0.204. The topological polar surface area (TPSA) is 64.9 Å². The Bertz CT molecular complexity index is 503. The van der Waals surface area contributed by atoms with Crippen molar-refractivity contribution in [3.05, 3.63) is 35.4 Å². The zero-order valence-corrected chi connectivity index (χ0v) is 16.2. The largest absolute Gasteiger partial charge is 0.394 e. The molecule has 1 aromatic carbocycles. The molecule has 0 aliphatic carbocycles. The van der Waals surface area contributed by atoms with E-state index in [0.717, 1.165) is 24.1 Å². The Morgan fingerprint density at radius 2 is 1.71 bits per heavy atom. The summed E-state index contributed by atoms with van der Waals surface area (Å²) in [6.07, 6.45) is 3.12. The molecule has 0 saturated heterocycles. The van der Waals surface area contributed by atoms with Gasteiger partial charge in [0.1, 0.15) is 5.54 Å². The predicted molar refractivity (Wildman–Crippen MR) is 103 cm³/mol. The number of hydrogen-bond donors (Lipinski definition) is 3. The monoisotopic (exact) mass is 394 g/mol. The third-order valence-electron chi connectivity index (χ3n) is 3.93. The molecule has 1 aromatic rings. The van der Waals surface area contributed by atoms with Gasteiger partial charge in [-0.25, -0.2) is 0 Å². The Kier molecular flexibility index (Phi) is 8.99. The van der Waals surface area contributed by atoms with Crippen LogP contribution < -0.4 is 5.32 Å². The Balaban J connectivity index is 2.94. The van der Waals surface area contributed by atoms with E-state index in [-0.39, 0.29) is 13.2 Å². The molecule has 0 unspecified atom stereocenters. The summed E-state index contributed by atoms with van der Waals surface area (Å²) in [5, 5.41) is 22.1. The summed E-state index contributed by atoms with van der Waals surface area (Å²) in [6.45, 7) is 4.26. The lowest BCUT2D eigenvalue weighted by Crippen LogP contribution is -2.35. The van der Waals surface area contributed by atoms with E-state index < -0.39 is 15.4 Å². The van der Waals surface area contributed by atoms with E-state index in [2.05, 4.69) is 10.3 Å². The van der Waals surface area contributed by atoms with E-state index in [9.17, 15) is 10.2 Å². The maximum Gasteiger partial charge on any atom is 0.209 e. The highest BCUT2D eigenvalue weighted by molar-refractivity contribution is 6.68. The third kappa shape index (κ3) is 6.17. The standard InChI is InChI=1S/C17H25Cl3N2O2/c1-3-9-21-15(17(18,19)20)14-7-5-13(6-8-14)10-22-16(4-2,11-23)12-24/h5-8,10,15,21,23-24H,3-4,9,11-12H2,1-2H3/t15-/m1/s1. The number of benzene rings is 1. The predicted octanol–water partition coefficient (Wildman–Crippen LogP) is 3.65. The number of aliphatic imine (C=N–C) groups is 1. The van der Waals surface area contributed by atoms with Crippen LogP contribution in [0.15, 0.2) is 29.3 Å². The van der Waals surface area contributed by atoms with Gasteiger partial charge in [-0.3, -0.25) is 4.99 Å². The van der Waals surface area contributed by atoms with Gasteiger partial charge in [0.2, 0.25) is 3.79 Å². The Morgan fingerprint density at radius 3 is 2.12 bits per heavy atom. The van der Waals surface area contributed by atoms with Gasteiger partial charge in [-0.2, -0.15) is 0 Å². The quantitative estimate of drug-likeness (QED) is 0.442. The number of aliphatic hydroxyl groups excluding tert-OH is 2. The summed E-state index contributed by atoms with van der Waals surface area (Å²) >= 11 is 18.2. The Hall–Kier alpha value is -0.360. The van der Waals surface area contributed by atoms with Crippen LogP contribution in [0.4, 0.5) is 0 Å². The van der Waals surface area contributed by atoms with Gasteiger partial charge < -0.3 is 15.5 Å². The normalized spacial score (nSPS) is 14.3. The average Bonchev–Trinajstić information content (AvgIpc) is 2.57. The molecule has 24 heavy (non-hydrogen) atoms. The number of halogens is 3. The van der Waals surface area contributed by atoms with Crippen LogP contribution in [0.5, 0.6) is 0 Å². The maximum atomic E-state index is 9.42. The number of rotatable bonds is 9. The number of nitrogens with one attached hydrogen (secondary N) is 1. The fraction of sp³-hybridized carbons (Fsp3) is 0.588. The summed E-state index contributed by atoms with van der Waals surface area (Å²) in [5.41, 5.74) is 0.866. The van der Waals surface area contributed by atoms with E-state index in [1.54, 1.807) is 6.21 Å². The van der Waals surface area contributed by atoms with Gasteiger partial charge in [-0.05, 0) is 30.5 Å². The highest BCUT2D eigenvalue weighted by Gasteiger charge is 2.33. The zero-order valence-electron chi connectivity index (χ0n) is 14.0. The first-order chi connectivity index (χ1) is 11.3. The van der Waals surface area contributed by atoms with E-state index >= 15 is 0 Å². The van der Waals surface area contributed by atoms with Gasteiger partial charge in [0.05, 0.1) is 19.3 Å². The third-order valence-corrected chi connectivity index (χ3v) is 4.58. The molecule has 0 amide bonds. The smallest absolute Gasteiger partial charge is 0.209 e.